The third-order valence-corrected chi connectivity index (χ3v) is 3.24. The normalized spacial score (nSPS) is 16.8. The zero-order valence-corrected chi connectivity index (χ0v) is 10.4. The summed E-state index contributed by atoms with van der Waals surface area (Å²) in [6.07, 6.45) is 3.32. The quantitative estimate of drug-likeness (QED) is 0.652. The van der Waals surface area contributed by atoms with Crippen LogP contribution in [0.2, 0.25) is 0 Å². The van der Waals surface area contributed by atoms with Gasteiger partial charge >= 0.3 is 0 Å². The second kappa shape index (κ2) is 5.67. The van der Waals surface area contributed by atoms with Gasteiger partial charge in [-0.1, -0.05) is 12.1 Å². The Morgan fingerprint density at radius 1 is 1.00 bits per heavy atom. The number of imide groups is 1. The predicted octanol–water partition coefficient (Wildman–Crippen LogP) is 1.74. The van der Waals surface area contributed by atoms with Crippen LogP contribution in [0.5, 0.6) is 0 Å². The van der Waals surface area contributed by atoms with Crippen LogP contribution in [0.15, 0.2) is 24.3 Å². The van der Waals surface area contributed by atoms with E-state index in [1.54, 1.807) is 0 Å². The van der Waals surface area contributed by atoms with E-state index in [-0.39, 0.29) is 11.8 Å². The van der Waals surface area contributed by atoms with Gasteiger partial charge in [0.1, 0.15) is 0 Å². The summed E-state index contributed by atoms with van der Waals surface area (Å²) in [4.78, 5) is 25.0. The lowest BCUT2D eigenvalue weighted by molar-refractivity contribution is -0.143. The molecule has 1 saturated heterocycles. The number of nitrogens with two attached hydrogens (primary N) is 1. The van der Waals surface area contributed by atoms with Crippen molar-refractivity contribution in [2.45, 2.75) is 32.1 Å². The van der Waals surface area contributed by atoms with Crippen molar-refractivity contribution in [1.82, 2.24) is 4.90 Å². The summed E-state index contributed by atoms with van der Waals surface area (Å²) in [5.41, 5.74) is 7.43. The van der Waals surface area contributed by atoms with Crippen LogP contribution in [0, 0.1) is 0 Å². The summed E-state index contributed by atoms with van der Waals surface area (Å²) in [5.74, 6) is -0.0686. The largest absolute Gasteiger partial charge is 0.399 e. The molecule has 0 radical (unpaired) electrons. The Bertz CT molecular complexity index is 422. The summed E-state index contributed by atoms with van der Waals surface area (Å²) in [7, 11) is 0. The van der Waals surface area contributed by atoms with E-state index in [9.17, 15) is 9.59 Å². The number of amides is 2. The van der Waals surface area contributed by atoms with Crippen molar-refractivity contribution in [2.24, 2.45) is 0 Å². The van der Waals surface area contributed by atoms with Crippen molar-refractivity contribution < 1.29 is 9.59 Å². The highest BCUT2D eigenvalue weighted by Crippen LogP contribution is 2.14. The maximum absolute atomic E-state index is 11.8. The topological polar surface area (TPSA) is 63.4 Å². The van der Waals surface area contributed by atoms with Gasteiger partial charge in [0.05, 0.1) is 0 Å². The number of hydrogen-bond donors (Lipinski definition) is 1. The summed E-state index contributed by atoms with van der Waals surface area (Å²) >= 11 is 0. The molecule has 0 spiro atoms. The fourth-order valence-corrected chi connectivity index (χ4v) is 2.14. The van der Waals surface area contributed by atoms with E-state index in [1.165, 1.54) is 4.90 Å². The number of benzene rings is 1. The first-order chi connectivity index (χ1) is 8.66. The van der Waals surface area contributed by atoms with Crippen LogP contribution in [-0.4, -0.2) is 23.3 Å². The Labute approximate surface area is 107 Å². The first-order valence-electron chi connectivity index (χ1n) is 6.34. The van der Waals surface area contributed by atoms with Crippen molar-refractivity contribution >= 4 is 17.5 Å². The minimum absolute atomic E-state index is 0.0343. The van der Waals surface area contributed by atoms with E-state index in [1.807, 2.05) is 24.3 Å². The van der Waals surface area contributed by atoms with Gasteiger partial charge in [-0.25, -0.2) is 0 Å². The third-order valence-electron chi connectivity index (χ3n) is 3.24. The van der Waals surface area contributed by atoms with Gasteiger partial charge in [-0.15, -0.1) is 0 Å². The second-order valence-corrected chi connectivity index (χ2v) is 4.64. The molecule has 0 aliphatic carbocycles. The van der Waals surface area contributed by atoms with E-state index in [0.717, 1.165) is 24.1 Å². The molecule has 0 saturated carbocycles. The van der Waals surface area contributed by atoms with Crippen molar-refractivity contribution in [1.29, 1.82) is 0 Å². The molecule has 0 atom stereocenters. The Morgan fingerprint density at radius 2 is 1.56 bits per heavy atom. The highest BCUT2D eigenvalue weighted by molar-refractivity contribution is 5.96. The molecule has 0 aromatic heterocycles. The Hall–Kier alpha value is -1.84. The number of rotatable bonds is 3. The van der Waals surface area contributed by atoms with Crippen LogP contribution in [0.25, 0.3) is 0 Å². The van der Waals surface area contributed by atoms with Gasteiger partial charge in [-0.2, -0.15) is 0 Å². The van der Waals surface area contributed by atoms with Crippen molar-refractivity contribution in [2.75, 3.05) is 12.3 Å². The summed E-state index contributed by atoms with van der Waals surface area (Å²) in [6, 6.07) is 7.53. The highest BCUT2D eigenvalue weighted by atomic mass is 16.2. The molecule has 0 bridgehead atoms. The minimum Gasteiger partial charge on any atom is -0.399 e. The zero-order valence-electron chi connectivity index (χ0n) is 10.4. The van der Waals surface area contributed by atoms with Gasteiger partial charge in [0.15, 0.2) is 0 Å². The summed E-state index contributed by atoms with van der Waals surface area (Å²) < 4.78 is 0. The van der Waals surface area contributed by atoms with Crippen LogP contribution in [0.3, 0.4) is 0 Å². The molecule has 2 rings (SSSR count). The molecule has 4 heteroatoms. The van der Waals surface area contributed by atoms with Gasteiger partial charge in [-0.05, 0) is 37.0 Å². The van der Waals surface area contributed by atoms with E-state index in [4.69, 9.17) is 5.73 Å². The maximum atomic E-state index is 11.8. The van der Waals surface area contributed by atoms with Crippen LogP contribution < -0.4 is 5.73 Å². The molecular weight excluding hydrogens is 228 g/mol. The number of nitrogen functional groups attached to an aromatic ring is 1. The number of anilines is 1. The van der Waals surface area contributed by atoms with Crippen molar-refractivity contribution in [3.8, 4) is 0 Å². The first kappa shape index (κ1) is 12.6. The zero-order chi connectivity index (χ0) is 13.0. The lowest BCUT2D eigenvalue weighted by atomic mass is 10.1. The standard InChI is InChI=1S/C14H18N2O2/c15-12-7-5-11(6-8-12)9-10-16-13(17)3-1-2-4-14(16)18/h5-8H,1-4,9-10,15H2. The number of likely N-dealkylation sites (tertiary alicyclic amines) is 1. The molecule has 2 amide bonds. The highest BCUT2D eigenvalue weighted by Gasteiger charge is 2.23. The lowest BCUT2D eigenvalue weighted by Gasteiger charge is -2.18. The number of hydrogen-bond acceptors (Lipinski definition) is 3. The van der Waals surface area contributed by atoms with Gasteiger partial charge in [-0.3, -0.25) is 14.5 Å². The van der Waals surface area contributed by atoms with E-state index in [0.29, 0.717) is 25.8 Å². The predicted molar refractivity (Wildman–Crippen MR) is 69.7 cm³/mol. The van der Waals surface area contributed by atoms with E-state index < -0.39 is 0 Å². The molecule has 1 aromatic rings. The third kappa shape index (κ3) is 3.09. The molecule has 1 heterocycles. The second-order valence-electron chi connectivity index (χ2n) is 4.64. The Kier molecular flexibility index (Phi) is 3.97. The lowest BCUT2D eigenvalue weighted by Crippen LogP contribution is -2.36. The molecule has 1 fully saturated rings. The number of carbonyl (C=O) groups is 2. The average Bonchev–Trinajstić information content (AvgIpc) is 2.51. The molecule has 0 unspecified atom stereocenters. The molecular formula is C14H18N2O2. The average molecular weight is 246 g/mol. The molecule has 1 aromatic carbocycles. The number of nitrogens with zero attached hydrogens (tertiary/aromatic N) is 1. The molecule has 1 aliphatic heterocycles. The fourth-order valence-electron chi connectivity index (χ4n) is 2.14. The minimum atomic E-state index is -0.0343. The summed E-state index contributed by atoms with van der Waals surface area (Å²) in [6.45, 7) is 0.474. The van der Waals surface area contributed by atoms with Crippen LogP contribution in [-0.2, 0) is 16.0 Å². The maximum Gasteiger partial charge on any atom is 0.229 e. The Morgan fingerprint density at radius 3 is 2.11 bits per heavy atom. The smallest absolute Gasteiger partial charge is 0.229 e. The van der Waals surface area contributed by atoms with Crippen molar-refractivity contribution in [3.63, 3.8) is 0 Å². The van der Waals surface area contributed by atoms with E-state index in [2.05, 4.69) is 0 Å². The van der Waals surface area contributed by atoms with E-state index >= 15 is 0 Å². The molecule has 18 heavy (non-hydrogen) atoms. The molecule has 96 valence electrons. The first-order valence-corrected chi connectivity index (χ1v) is 6.34. The van der Waals surface area contributed by atoms with Crippen LogP contribution in [0.1, 0.15) is 31.2 Å². The molecule has 2 N–H and O–H groups in total. The number of carbonyl (C=O) groups excluding carboxylic acids is 2. The fraction of sp³-hybridized carbons (Fsp3) is 0.429. The van der Waals surface area contributed by atoms with Gasteiger partial charge < -0.3 is 5.73 Å². The van der Waals surface area contributed by atoms with Crippen LogP contribution >= 0.6 is 0 Å². The van der Waals surface area contributed by atoms with Crippen molar-refractivity contribution in [3.05, 3.63) is 29.8 Å². The summed E-state index contributed by atoms with van der Waals surface area (Å²) in [5, 5.41) is 0. The van der Waals surface area contributed by atoms with Gasteiger partial charge in [0.2, 0.25) is 11.8 Å². The Balaban J connectivity index is 1.97. The SMILES string of the molecule is Nc1ccc(CCN2C(=O)CCCCC2=O)cc1. The molecule has 1 aliphatic rings. The van der Waals surface area contributed by atoms with Gasteiger partial charge in [0.25, 0.3) is 0 Å². The van der Waals surface area contributed by atoms with Crippen LogP contribution in [0.4, 0.5) is 5.69 Å². The van der Waals surface area contributed by atoms with Gasteiger partial charge in [0, 0.05) is 25.1 Å². The monoisotopic (exact) mass is 246 g/mol. The molecule has 4 nitrogen and oxygen atoms in total.